The van der Waals surface area contributed by atoms with Crippen LogP contribution >= 0.6 is 0 Å². The molecule has 0 aliphatic heterocycles. The van der Waals surface area contributed by atoms with E-state index >= 15 is 0 Å². The van der Waals surface area contributed by atoms with E-state index < -0.39 is 0 Å². The van der Waals surface area contributed by atoms with Gasteiger partial charge in [-0.2, -0.15) is 0 Å². The highest BCUT2D eigenvalue weighted by Gasteiger charge is 1.84. The van der Waals surface area contributed by atoms with Crippen LogP contribution in [-0.2, 0) is 0 Å². The summed E-state index contributed by atoms with van der Waals surface area (Å²) in [6.07, 6.45) is 1.81. The summed E-state index contributed by atoms with van der Waals surface area (Å²) >= 11 is 0. The minimum atomic E-state index is 0.155. The van der Waals surface area contributed by atoms with Crippen LogP contribution in [0.1, 0.15) is 13.8 Å². The molecule has 0 saturated carbocycles. The van der Waals surface area contributed by atoms with E-state index in [0.717, 1.165) is 5.70 Å². The molecule has 0 heterocycles. The summed E-state index contributed by atoms with van der Waals surface area (Å²) in [7, 11) is 1.56. The highest BCUT2D eigenvalue weighted by molar-refractivity contribution is 4.81. The average molecular weight is 101 g/mol. The van der Waals surface area contributed by atoms with Crippen LogP contribution in [0.4, 0.5) is 0 Å². The molecule has 1 N–H and O–H groups in total. The molecule has 7 heavy (non-hydrogen) atoms. The van der Waals surface area contributed by atoms with Crippen molar-refractivity contribution in [2.75, 3.05) is 7.05 Å². The molecular formula is C5H11NO. The Balaban J connectivity index is 3.56. The maximum absolute atomic E-state index is 10.3. The molecule has 0 aromatic rings. The molecule has 1 atom stereocenters. The lowest BCUT2D eigenvalue weighted by Crippen LogP contribution is -3.01. The van der Waals surface area contributed by atoms with E-state index in [2.05, 4.69) is 0 Å². The van der Waals surface area contributed by atoms with Crippen LogP contribution in [0.5, 0.6) is 0 Å². The van der Waals surface area contributed by atoms with Crippen molar-refractivity contribution < 1.29 is 5.06 Å². The van der Waals surface area contributed by atoms with Gasteiger partial charge in [-0.1, -0.05) is 0 Å². The van der Waals surface area contributed by atoms with Gasteiger partial charge in [-0.25, -0.2) is 0 Å². The fourth-order valence-corrected chi connectivity index (χ4v) is 0.203. The normalized spacial score (nSPS) is 16.9. The van der Waals surface area contributed by atoms with E-state index in [4.69, 9.17) is 0 Å². The van der Waals surface area contributed by atoms with E-state index in [9.17, 15) is 5.21 Å². The van der Waals surface area contributed by atoms with Crippen molar-refractivity contribution in [3.8, 4) is 0 Å². The molecule has 2 nitrogen and oxygen atoms in total. The van der Waals surface area contributed by atoms with Gasteiger partial charge in [-0.3, -0.25) is 0 Å². The maximum atomic E-state index is 10.3. The van der Waals surface area contributed by atoms with Crippen molar-refractivity contribution in [1.82, 2.24) is 0 Å². The quantitative estimate of drug-likeness (QED) is 0.460. The molecule has 42 valence electrons. The van der Waals surface area contributed by atoms with E-state index in [0.29, 0.717) is 0 Å². The minimum Gasteiger partial charge on any atom is -0.629 e. The molecule has 0 aliphatic rings. The molecule has 0 radical (unpaired) electrons. The number of hydroxylamine groups is 2. The highest BCUT2D eigenvalue weighted by Crippen LogP contribution is 1.72. The van der Waals surface area contributed by atoms with Gasteiger partial charge in [0.05, 0.1) is 12.7 Å². The maximum Gasteiger partial charge on any atom is 0.0994 e. The Morgan fingerprint density at radius 1 is 1.71 bits per heavy atom. The molecule has 0 aliphatic carbocycles. The smallest absolute Gasteiger partial charge is 0.0994 e. The van der Waals surface area contributed by atoms with Crippen LogP contribution in [0.2, 0.25) is 0 Å². The Morgan fingerprint density at radius 2 is 2.14 bits per heavy atom. The molecule has 2 heteroatoms. The van der Waals surface area contributed by atoms with Gasteiger partial charge in [-0.15, -0.1) is 0 Å². The molecule has 1 unspecified atom stereocenters. The fraction of sp³-hybridized carbons (Fsp3) is 0.600. The first-order valence-corrected chi connectivity index (χ1v) is 2.32. The zero-order valence-corrected chi connectivity index (χ0v) is 4.99. The number of hydrogen-bond donors (Lipinski definition) is 1. The van der Waals surface area contributed by atoms with Crippen molar-refractivity contribution in [3.05, 3.63) is 17.0 Å². The molecule has 0 aromatic carbocycles. The van der Waals surface area contributed by atoms with Gasteiger partial charge in [0.1, 0.15) is 0 Å². The van der Waals surface area contributed by atoms with Crippen LogP contribution in [-0.4, -0.2) is 7.05 Å². The summed E-state index contributed by atoms with van der Waals surface area (Å²) in [4.78, 5) is 0. The molecule has 0 fully saturated rings. The second-order valence-corrected chi connectivity index (χ2v) is 1.53. The second-order valence-electron chi connectivity index (χ2n) is 1.53. The Hall–Kier alpha value is -0.340. The molecule has 0 amide bonds. The summed E-state index contributed by atoms with van der Waals surface area (Å²) in [6.45, 7) is 3.67. The number of allylic oxidation sites excluding steroid dienone is 2. The van der Waals surface area contributed by atoms with E-state index in [1.165, 1.54) is 0 Å². The van der Waals surface area contributed by atoms with E-state index in [-0.39, 0.29) is 5.06 Å². The van der Waals surface area contributed by atoms with Crippen molar-refractivity contribution in [3.63, 3.8) is 0 Å². The third-order valence-corrected chi connectivity index (χ3v) is 0.988. The molecule has 0 spiro atoms. The summed E-state index contributed by atoms with van der Waals surface area (Å²) in [5.41, 5.74) is 0.833. The molecule has 0 rings (SSSR count). The first kappa shape index (κ1) is 6.66. The predicted molar refractivity (Wildman–Crippen MR) is 29.7 cm³/mol. The average Bonchev–Trinajstić information content (AvgIpc) is 1.65. The van der Waals surface area contributed by atoms with Crippen LogP contribution in [0.15, 0.2) is 11.8 Å². The summed E-state index contributed by atoms with van der Waals surface area (Å²) in [5, 5.41) is 10.5. The molecule has 0 saturated heterocycles. The topological polar surface area (TPSA) is 27.5 Å². The lowest BCUT2D eigenvalue weighted by atomic mass is 10.5. The standard InChI is InChI=1S/C5H11NO/c1-4-5(2)6(3)7/h4,6H,1-3H3/b5-4-. The Kier molecular flexibility index (Phi) is 2.64. The first-order chi connectivity index (χ1) is 3.18. The van der Waals surface area contributed by atoms with Gasteiger partial charge in [0, 0.05) is 6.92 Å². The zero-order chi connectivity index (χ0) is 5.86. The van der Waals surface area contributed by atoms with Crippen molar-refractivity contribution in [1.29, 1.82) is 0 Å². The largest absolute Gasteiger partial charge is 0.629 e. The Bertz CT molecular complexity index is 76.1. The highest BCUT2D eigenvalue weighted by atomic mass is 16.5. The van der Waals surface area contributed by atoms with Gasteiger partial charge in [0.15, 0.2) is 0 Å². The van der Waals surface area contributed by atoms with Crippen LogP contribution in [0.3, 0.4) is 0 Å². The monoisotopic (exact) mass is 101 g/mol. The van der Waals surface area contributed by atoms with E-state index in [1.807, 2.05) is 19.9 Å². The Labute approximate surface area is 44.0 Å². The molecular weight excluding hydrogens is 90.1 g/mol. The van der Waals surface area contributed by atoms with Crippen LogP contribution in [0, 0.1) is 5.21 Å². The molecule has 0 aromatic heterocycles. The number of nitrogens with one attached hydrogen (secondary N) is 1. The van der Waals surface area contributed by atoms with Gasteiger partial charge >= 0.3 is 0 Å². The van der Waals surface area contributed by atoms with Gasteiger partial charge in [-0.05, 0) is 13.0 Å². The van der Waals surface area contributed by atoms with Gasteiger partial charge < -0.3 is 10.3 Å². The number of hydrogen-bond acceptors (Lipinski definition) is 1. The predicted octanol–water partition coefficient (Wildman–Crippen LogP) is -0.0774. The second kappa shape index (κ2) is 2.77. The fourth-order valence-electron chi connectivity index (χ4n) is 0.203. The van der Waals surface area contributed by atoms with E-state index in [1.54, 1.807) is 7.05 Å². The summed E-state index contributed by atoms with van der Waals surface area (Å²) in [6, 6.07) is 0. The first-order valence-electron chi connectivity index (χ1n) is 2.32. The van der Waals surface area contributed by atoms with Gasteiger partial charge in [0.2, 0.25) is 0 Å². The zero-order valence-electron chi connectivity index (χ0n) is 4.99. The third kappa shape index (κ3) is 2.37. The molecule has 0 bridgehead atoms. The van der Waals surface area contributed by atoms with Crippen LogP contribution < -0.4 is 5.06 Å². The third-order valence-electron chi connectivity index (χ3n) is 0.988. The summed E-state index contributed by atoms with van der Waals surface area (Å²) in [5.74, 6) is 0. The van der Waals surface area contributed by atoms with Crippen molar-refractivity contribution in [2.45, 2.75) is 13.8 Å². The van der Waals surface area contributed by atoms with Crippen molar-refractivity contribution >= 4 is 0 Å². The van der Waals surface area contributed by atoms with Crippen LogP contribution in [0.25, 0.3) is 0 Å². The summed E-state index contributed by atoms with van der Waals surface area (Å²) < 4.78 is 0. The SMILES string of the molecule is C/C=C(/C)[NH+](C)[O-]. The minimum absolute atomic E-state index is 0.155. The number of quaternary nitrogens is 1. The Morgan fingerprint density at radius 3 is 2.14 bits per heavy atom. The lowest BCUT2D eigenvalue weighted by Gasteiger charge is -2.14. The van der Waals surface area contributed by atoms with Crippen molar-refractivity contribution in [2.24, 2.45) is 0 Å². The lowest BCUT2D eigenvalue weighted by molar-refractivity contribution is -0.782. The number of rotatable bonds is 1. The van der Waals surface area contributed by atoms with Gasteiger partial charge in [0.25, 0.3) is 0 Å².